The summed E-state index contributed by atoms with van der Waals surface area (Å²) in [5.74, 6) is 1.49. The average Bonchev–Trinajstić information content (AvgIpc) is 3.38. The zero-order valence-corrected chi connectivity index (χ0v) is 18.7. The minimum Gasteiger partial charge on any atom is -0.489 e. The van der Waals surface area contributed by atoms with Gasteiger partial charge in [-0.05, 0) is 55.8 Å². The van der Waals surface area contributed by atoms with Gasteiger partial charge in [-0.1, -0.05) is 17.3 Å². The molecule has 0 saturated carbocycles. The first-order valence-electron chi connectivity index (χ1n) is 10.5. The number of imidazole rings is 1. The molecular formula is C25H24N4O4. The van der Waals surface area contributed by atoms with Crippen LogP contribution in [0.15, 0.2) is 65.4 Å². The van der Waals surface area contributed by atoms with Crippen LogP contribution in [0.5, 0.6) is 5.75 Å². The van der Waals surface area contributed by atoms with Crippen molar-refractivity contribution < 1.29 is 18.8 Å². The Hall–Kier alpha value is -4.20. The molecule has 8 heteroatoms. The molecule has 0 aliphatic rings. The summed E-state index contributed by atoms with van der Waals surface area (Å²) >= 11 is 0. The lowest BCUT2D eigenvalue weighted by molar-refractivity contribution is -0.115. The SMILES string of the molecule is Cc1noc(C)c1COc1ccc(CC(=O)Nc2ccc(C(=O)c3nccn3C)cc2)cc1. The zero-order valence-electron chi connectivity index (χ0n) is 18.7. The molecule has 0 atom stereocenters. The Morgan fingerprint density at radius 2 is 1.79 bits per heavy atom. The Morgan fingerprint density at radius 1 is 1.06 bits per heavy atom. The van der Waals surface area contributed by atoms with Crippen LogP contribution in [0, 0.1) is 13.8 Å². The van der Waals surface area contributed by atoms with Gasteiger partial charge in [-0.25, -0.2) is 4.98 Å². The third kappa shape index (κ3) is 5.17. The number of nitrogens with zero attached hydrogens (tertiary/aromatic N) is 3. The van der Waals surface area contributed by atoms with Crippen LogP contribution >= 0.6 is 0 Å². The fourth-order valence-corrected chi connectivity index (χ4v) is 3.38. The Morgan fingerprint density at radius 3 is 2.39 bits per heavy atom. The summed E-state index contributed by atoms with van der Waals surface area (Å²) in [5.41, 5.74) is 3.74. The molecule has 8 nitrogen and oxygen atoms in total. The molecule has 33 heavy (non-hydrogen) atoms. The van der Waals surface area contributed by atoms with Gasteiger partial charge in [0.15, 0.2) is 5.82 Å². The van der Waals surface area contributed by atoms with Crippen molar-refractivity contribution in [1.82, 2.24) is 14.7 Å². The van der Waals surface area contributed by atoms with Crippen molar-refractivity contribution in [3.8, 4) is 5.75 Å². The third-order valence-electron chi connectivity index (χ3n) is 5.31. The molecule has 2 aromatic heterocycles. The number of hydrogen-bond acceptors (Lipinski definition) is 6. The highest BCUT2D eigenvalue weighted by molar-refractivity contribution is 6.07. The van der Waals surface area contributed by atoms with Crippen molar-refractivity contribution in [2.75, 3.05) is 5.32 Å². The fourth-order valence-electron chi connectivity index (χ4n) is 3.38. The number of aryl methyl sites for hydroxylation is 3. The van der Waals surface area contributed by atoms with E-state index in [0.29, 0.717) is 29.4 Å². The van der Waals surface area contributed by atoms with Crippen LogP contribution in [0.2, 0.25) is 0 Å². The van der Waals surface area contributed by atoms with Crippen molar-refractivity contribution in [1.29, 1.82) is 0 Å². The highest BCUT2D eigenvalue weighted by Gasteiger charge is 2.14. The predicted molar refractivity (Wildman–Crippen MR) is 122 cm³/mol. The molecule has 1 N–H and O–H groups in total. The number of amides is 1. The number of ketones is 1. The van der Waals surface area contributed by atoms with E-state index in [4.69, 9.17) is 9.26 Å². The van der Waals surface area contributed by atoms with Gasteiger partial charge in [-0.15, -0.1) is 0 Å². The van der Waals surface area contributed by atoms with Gasteiger partial charge in [0.25, 0.3) is 0 Å². The van der Waals surface area contributed by atoms with E-state index >= 15 is 0 Å². The summed E-state index contributed by atoms with van der Waals surface area (Å²) < 4.78 is 12.6. The maximum atomic E-state index is 12.5. The number of ether oxygens (including phenoxy) is 1. The normalized spacial score (nSPS) is 10.8. The zero-order chi connectivity index (χ0) is 23.4. The topological polar surface area (TPSA) is 99.2 Å². The van der Waals surface area contributed by atoms with Crippen LogP contribution in [0.3, 0.4) is 0 Å². The summed E-state index contributed by atoms with van der Waals surface area (Å²) in [6.45, 7) is 4.11. The van der Waals surface area contributed by atoms with Crippen LogP contribution in [0.1, 0.15) is 38.8 Å². The lowest BCUT2D eigenvalue weighted by atomic mass is 10.1. The number of anilines is 1. The lowest BCUT2D eigenvalue weighted by Crippen LogP contribution is -2.14. The van der Waals surface area contributed by atoms with Gasteiger partial charge >= 0.3 is 0 Å². The second-order valence-corrected chi connectivity index (χ2v) is 7.73. The molecule has 0 fully saturated rings. The van der Waals surface area contributed by atoms with Gasteiger partial charge in [-0.3, -0.25) is 9.59 Å². The Labute approximate surface area is 191 Å². The average molecular weight is 444 g/mol. The number of carbonyl (C=O) groups excluding carboxylic acids is 2. The van der Waals surface area contributed by atoms with E-state index in [2.05, 4.69) is 15.5 Å². The van der Waals surface area contributed by atoms with E-state index in [1.807, 2.05) is 38.1 Å². The summed E-state index contributed by atoms with van der Waals surface area (Å²) in [6.07, 6.45) is 3.52. The largest absolute Gasteiger partial charge is 0.489 e. The van der Waals surface area contributed by atoms with E-state index in [1.165, 1.54) is 0 Å². The molecule has 1 amide bonds. The molecule has 0 aliphatic carbocycles. The second kappa shape index (κ2) is 9.52. The highest BCUT2D eigenvalue weighted by atomic mass is 16.5. The van der Waals surface area contributed by atoms with Crippen LogP contribution in [-0.4, -0.2) is 26.4 Å². The maximum Gasteiger partial charge on any atom is 0.228 e. The van der Waals surface area contributed by atoms with Gasteiger partial charge in [0.2, 0.25) is 11.7 Å². The van der Waals surface area contributed by atoms with Crippen molar-refractivity contribution in [2.45, 2.75) is 26.9 Å². The molecule has 0 unspecified atom stereocenters. The Bertz CT molecular complexity index is 1250. The highest BCUT2D eigenvalue weighted by Crippen LogP contribution is 2.19. The van der Waals surface area contributed by atoms with Crippen molar-refractivity contribution in [3.63, 3.8) is 0 Å². The molecule has 0 bridgehead atoms. The number of benzene rings is 2. The quantitative estimate of drug-likeness (QED) is 0.412. The monoisotopic (exact) mass is 444 g/mol. The van der Waals surface area contributed by atoms with E-state index < -0.39 is 0 Å². The number of carbonyl (C=O) groups is 2. The molecule has 0 aliphatic heterocycles. The standard InChI is InChI=1S/C25H24N4O4/c1-16-22(17(2)33-28-16)15-32-21-10-4-18(5-11-21)14-23(30)27-20-8-6-19(7-9-20)24(31)25-26-12-13-29(25)3/h4-13H,14-15H2,1-3H3,(H,27,30). The fraction of sp³-hybridized carbons (Fsp3) is 0.200. The lowest BCUT2D eigenvalue weighted by Gasteiger charge is -2.08. The molecule has 4 rings (SSSR count). The van der Waals surface area contributed by atoms with Crippen LogP contribution < -0.4 is 10.1 Å². The first-order chi connectivity index (χ1) is 15.9. The number of nitrogens with one attached hydrogen (secondary N) is 1. The molecule has 0 radical (unpaired) electrons. The van der Waals surface area contributed by atoms with E-state index in [-0.39, 0.29) is 18.1 Å². The predicted octanol–water partition coefficient (Wildman–Crippen LogP) is 4.02. The summed E-state index contributed by atoms with van der Waals surface area (Å²) in [7, 11) is 1.77. The minimum atomic E-state index is -0.169. The molecule has 2 aromatic carbocycles. The van der Waals surface area contributed by atoms with Crippen molar-refractivity contribution in [2.24, 2.45) is 7.05 Å². The van der Waals surface area contributed by atoms with Gasteiger partial charge in [0.1, 0.15) is 18.1 Å². The van der Waals surface area contributed by atoms with Gasteiger partial charge < -0.3 is 19.1 Å². The number of hydrogen-bond donors (Lipinski definition) is 1. The second-order valence-electron chi connectivity index (χ2n) is 7.73. The van der Waals surface area contributed by atoms with E-state index in [0.717, 1.165) is 22.6 Å². The maximum absolute atomic E-state index is 12.5. The van der Waals surface area contributed by atoms with Crippen molar-refractivity contribution in [3.05, 3.63) is 94.9 Å². The molecule has 4 aromatic rings. The smallest absolute Gasteiger partial charge is 0.228 e. The first-order valence-corrected chi connectivity index (χ1v) is 10.5. The van der Waals surface area contributed by atoms with Gasteiger partial charge in [0.05, 0.1) is 17.7 Å². The van der Waals surface area contributed by atoms with E-state index in [9.17, 15) is 9.59 Å². The first kappa shape index (κ1) is 22.0. The summed E-state index contributed by atoms with van der Waals surface area (Å²) in [6, 6.07) is 14.2. The van der Waals surface area contributed by atoms with E-state index in [1.54, 1.807) is 48.3 Å². The summed E-state index contributed by atoms with van der Waals surface area (Å²) in [4.78, 5) is 29.0. The van der Waals surface area contributed by atoms with Crippen molar-refractivity contribution >= 4 is 17.4 Å². The van der Waals surface area contributed by atoms with Crippen LogP contribution in [0.25, 0.3) is 0 Å². The van der Waals surface area contributed by atoms with Crippen LogP contribution in [-0.2, 0) is 24.9 Å². The summed E-state index contributed by atoms with van der Waals surface area (Å²) in [5, 5.41) is 6.77. The number of aromatic nitrogens is 3. The Kier molecular flexibility index (Phi) is 6.35. The van der Waals surface area contributed by atoms with Crippen LogP contribution in [0.4, 0.5) is 5.69 Å². The minimum absolute atomic E-state index is 0.150. The molecule has 0 spiro atoms. The molecule has 168 valence electrons. The van der Waals surface area contributed by atoms with Gasteiger partial charge in [0, 0.05) is 30.7 Å². The van der Waals surface area contributed by atoms with Gasteiger partial charge in [-0.2, -0.15) is 0 Å². The number of rotatable bonds is 8. The third-order valence-corrected chi connectivity index (χ3v) is 5.31. The molecule has 0 saturated heterocycles. The Balaban J connectivity index is 1.30. The molecule has 2 heterocycles. The molecular weight excluding hydrogens is 420 g/mol.